The molecule has 0 spiro atoms. The normalized spacial score (nSPS) is 13.3. The number of nitrogens with one attached hydrogen (secondary N) is 1. The predicted octanol–water partition coefficient (Wildman–Crippen LogP) is 3.55. The lowest BCUT2D eigenvalue weighted by Gasteiger charge is -2.15. The molecule has 2 aromatic carbocycles. The number of amides is 1. The van der Waals surface area contributed by atoms with Gasteiger partial charge in [0.1, 0.15) is 0 Å². The average Bonchev–Trinajstić information content (AvgIpc) is 2.63. The van der Waals surface area contributed by atoms with Crippen molar-refractivity contribution in [3.8, 4) is 0 Å². The zero-order chi connectivity index (χ0) is 19.3. The molecule has 0 saturated heterocycles. The van der Waals surface area contributed by atoms with E-state index in [1.54, 1.807) is 19.1 Å². The van der Waals surface area contributed by atoms with Gasteiger partial charge in [-0.05, 0) is 37.1 Å². The Hall–Kier alpha value is -3.21. The van der Waals surface area contributed by atoms with Crippen molar-refractivity contribution in [2.75, 3.05) is 5.73 Å². The molecule has 0 aromatic heterocycles. The van der Waals surface area contributed by atoms with Crippen molar-refractivity contribution < 1.29 is 4.79 Å². The molecule has 0 bridgehead atoms. The predicted molar refractivity (Wildman–Crippen MR) is 108 cm³/mol. The van der Waals surface area contributed by atoms with Gasteiger partial charge in [-0.1, -0.05) is 43.3 Å². The summed E-state index contributed by atoms with van der Waals surface area (Å²) in [6.07, 6.45) is 2.94. The van der Waals surface area contributed by atoms with Crippen molar-refractivity contribution in [1.82, 2.24) is 0 Å². The molecule has 1 unspecified atom stereocenters. The number of nitrogen functional groups attached to an aromatic ring is 1. The van der Waals surface area contributed by atoms with Gasteiger partial charge in [-0.25, -0.2) is 0 Å². The second-order valence-corrected chi connectivity index (χ2v) is 6.21. The smallest absolute Gasteiger partial charge is 0.224 e. The van der Waals surface area contributed by atoms with Crippen LogP contribution in [0.15, 0.2) is 53.5 Å². The van der Waals surface area contributed by atoms with E-state index in [4.69, 9.17) is 21.9 Å². The molecular formula is C21H24N4O. The molecule has 5 N–H and O–H groups in total. The zero-order valence-corrected chi connectivity index (χ0v) is 15.3. The number of aryl methyl sites for hydroxylation is 1. The number of rotatable bonds is 6. The number of aliphatic imine (C=N–C) groups is 1. The molecule has 1 atom stereocenters. The first kappa shape index (κ1) is 19.1. The minimum atomic E-state index is -0.503. The van der Waals surface area contributed by atoms with Gasteiger partial charge >= 0.3 is 0 Å². The SMILES string of the molecule is CC(=N/C(=C\C(C)C(N)=O)c1c(C)ccc(N)c1C=N)c1ccccc1. The van der Waals surface area contributed by atoms with E-state index in [1.165, 1.54) is 6.21 Å². The van der Waals surface area contributed by atoms with Crippen LogP contribution in [0.2, 0.25) is 0 Å². The van der Waals surface area contributed by atoms with Crippen LogP contribution in [0.1, 0.15) is 36.1 Å². The lowest BCUT2D eigenvalue weighted by atomic mass is 9.95. The second kappa shape index (κ2) is 8.25. The molecule has 2 rings (SSSR count). The fraction of sp³-hybridized carbons (Fsp3) is 0.190. The lowest BCUT2D eigenvalue weighted by Crippen LogP contribution is -2.19. The maximum atomic E-state index is 11.6. The molecule has 0 aliphatic rings. The van der Waals surface area contributed by atoms with Gasteiger partial charge in [-0.2, -0.15) is 0 Å². The van der Waals surface area contributed by atoms with Crippen LogP contribution in [0.25, 0.3) is 5.70 Å². The van der Waals surface area contributed by atoms with Crippen molar-refractivity contribution in [3.63, 3.8) is 0 Å². The van der Waals surface area contributed by atoms with Gasteiger partial charge in [-0.15, -0.1) is 0 Å². The minimum absolute atomic E-state index is 0.437. The fourth-order valence-corrected chi connectivity index (χ4v) is 2.66. The van der Waals surface area contributed by atoms with Crippen LogP contribution in [0, 0.1) is 18.3 Å². The molecule has 5 nitrogen and oxygen atoms in total. The number of hydrogen-bond donors (Lipinski definition) is 3. The number of nitrogens with two attached hydrogens (primary N) is 2. The highest BCUT2D eigenvalue weighted by atomic mass is 16.1. The van der Waals surface area contributed by atoms with Gasteiger partial charge in [0.15, 0.2) is 0 Å². The van der Waals surface area contributed by atoms with Gasteiger partial charge < -0.3 is 16.9 Å². The number of benzene rings is 2. The third-order valence-corrected chi connectivity index (χ3v) is 4.22. The molecule has 0 saturated carbocycles. The maximum Gasteiger partial charge on any atom is 0.224 e. The Morgan fingerprint density at radius 2 is 1.85 bits per heavy atom. The topological polar surface area (TPSA) is 105 Å². The van der Waals surface area contributed by atoms with Crippen molar-refractivity contribution in [3.05, 3.63) is 70.8 Å². The first-order valence-electron chi connectivity index (χ1n) is 8.37. The van der Waals surface area contributed by atoms with E-state index in [1.807, 2.05) is 50.2 Å². The van der Waals surface area contributed by atoms with Crippen molar-refractivity contribution >= 4 is 29.2 Å². The highest BCUT2D eigenvalue weighted by molar-refractivity contribution is 6.03. The number of carbonyl (C=O) groups excluding carboxylic acids is 1. The van der Waals surface area contributed by atoms with E-state index < -0.39 is 11.8 Å². The molecule has 5 heteroatoms. The van der Waals surface area contributed by atoms with Crippen LogP contribution >= 0.6 is 0 Å². The molecule has 0 heterocycles. The summed E-state index contributed by atoms with van der Waals surface area (Å²) in [7, 11) is 0. The molecule has 0 fully saturated rings. The van der Waals surface area contributed by atoms with E-state index in [0.29, 0.717) is 16.9 Å². The van der Waals surface area contributed by atoms with Gasteiger partial charge in [-0.3, -0.25) is 9.79 Å². The summed E-state index contributed by atoms with van der Waals surface area (Å²) in [5.41, 5.74) is 16.6. The molecule has 26 heavy (non-hydrogen) atoms. The fourth-order valence-electron chi connectivity index (χ4n) is 2.66. The first-order valence-corrected chi connectivity index (χ1v) is 8.37. The number of primary amides is 1. The van der Waals surface area contributed by atoms with Crippen LogP contribution < -0.4 is 11.5 Å². The van der Waals surface area contributed by atoms with Crippen LogP contribution in [-0.2, 0) is 4.79 Å². The quantitative estimate of drug-likeness (QED) is 0.548. The Morgan fingerprint density at radius 1 is 1.19 bits per heavy atom. The van der Waals surface area contributed by atoms with E-state index in [0.717, 1.165) is 22.4 Å². The highest BCUT2D eigenvalue weighted by Gasteiger charge is 2.16. The Balaban J connectivity index is 2.70. The van der Waals surface area contributed by atoms with Gasteiger partial charge in [0.2, 0.25) is 5.91 Å². The maximum absolute atomic E-state index is 11.6. The van der Waals surface area contributed by atoms with E-state index in [9.17, 15) is 4.79 Å². The van der Waals surface area contributed by atoms with Crippen LogP contribution in [0.5, 0.6) is 0 Å². The first-order chi connectivity index (χ1) is 12.3. The molecular weight excluding hydrogens is 324 g/mol. The number of nitrogens with zero attached hydrogens (tertiary/aromatic N) is 1. The van der Waals surface area contributed by atoms with Gasteiger partial charge in [0, 0.05) is 28.7 Å². The second-order valence-electron chi connectivity index (χ2n) is 6.21. The van der Waals surface area contributed by atoms with Gasteiger partial charge in [0.25, 0.3) is 0 Å². The summed E-state index contributed by atoms with van der Waals surface area (Å²) in [4.78, 5) is 16.3. The molecule has 2 aromatic rings. The Bertz CT molecular complexity index is 882. The summed E-state index contributed by atoms with van der Waals surface area (Å²) in [5, 5.41) is 7.76. The summed E-state index contributed by atoms with van der Waals surface area (Å²) in [5.74, 6) is -0.940. The summed E-state index contributed by atoms with van der Waals surface area (Å²) in [6.45, 7) is 5.56. The third-order valence-electron chi connectivity index (χ3n) is 4.22. The van der Waals surface area contributed by atoms with Crippen LogP contribution in [-0.4, -0.2) is 17.8 Å². The molecule has 134 valence electrons. The van der Waals surface area contributed by atoms with Crippen molar-refractivity contribution in [2.24, 2.45) is 16.6 Å². The highest BCUT2D eigenvalue weighted by Crippen LogP contribution is 2.29. The van der Waals surface area contributed by atoms with Crippen LogP contribution in [0.4, 0.5) is 5.69 Å². The van der Waals surface area contributed by atoms with Gasteiger partial charge in [0.05, 0.1) is 11.6 Å². The Kier molecular flexibility index (Phi) is 6.07. The average molecular weight is 348 g/mol. The van der Waals surface area contributed by atoms with Crippen LogP contribution in [0.3, 0.4) is 0 Å². The number of carbonyl (C=O) groups is 1. The summed E-state index contributed by atoms with van der Waals surface area (Å²) in [6, 6.07) is 13.4. The minimum Gasteiger partial charge on any atom is -0.398 e. The summed E-state index contributed by atoms with van der Waals surface area (Å²) >= 11 is 0. The largest absolute Gasteiger partial charge is 0.398 e. The molecule has 0 aliphatic carbocycles. The lowest BCUT2D eigenvalue weighted by molar-refractivity contribution is -0.119. The zero-order valence-electron chi connectivity index (χ0n) is 15.3. The van der Waals surface area contributed by atoms with Crippen molar-refractivity contribution in [1.29, 1.82) is 5.41 Å². The number of hydrogen-bond acceptors (Lipinski definition) is 4. The number of anilines is 1. The van der Waals surface area contributed by atoms with E-state index >= 15 is 0 Å². The van der Waals surface area contributed by atoms with Crippen molar-refractivity contribution in [2.45, 2.75) is 20.8 Å². The molecule has 0 aliphatic heterocycles. The standard InChI is InChI=1S/C21H24N4O/c1-13-9-10-18(23)17(12-22)20(13)19(11-14(2)21(24)26)25-15(3)16-7-5-4-6-8-16/h4-12,14,22H,23H2,1-3H3,(H2,24,26)/b19-11-,22-12?,25-15?. The molecule has 0 radical (unpaired) electrons. The molecule has 1 amide bonds. The Morgan fingerprint density at radius 3 is 2.42 bits per heavy atom. The van der Waals surface area contributed by atoms with E-state index in [2.05, 4.69) is 0 Å². The third kappa shape index (κ3) is 4.25. The monoisotopic (exact) mass is 348 g/mol. The summed E-state index contributed by atoms with van der Waals surface area (Å²) < 4.78 is 0. The Labute approximate surface area is 154 Å². The van der Waals surface area contributed by atoms with E-state index in [-0.39, 0.29) is 0 Å².